The normalized spacial score (nSPS) is 13.3. The summed E-state index contributed by atoms with van der Waals surface area (Å²) in [4.78, 5) is 4.18. The van der Waals surface area contributed by atoms with Crippen molar-refractivity contribution in [3.8, 4) is 0 Å². The largest absolute Gasteiger partial charge is 0.372 e. The predicted octanol–water partition coefficient (Wildman–Crippen LogP) is 1.40. The highest BCUT2D eigenvalue weighted by molar-refractivity contribution is 7.98. The van der Waals surface area contributed by atoms with Crippen LogP contribution in [0.5, 0.6) is 0 Å². The molecular formula is C11H19N3O2S2. The number of nitrogens with one attached hydrogen (secondary N) is 2. The van der Waals surface area contributed by atoms with Crippen molar-refractivity contribution >= 4 is 27.6 Å². The van der Waals surface area contributed by atoms with Gasteiger partial charge in [0, 0.05) is 19.8 Å². The van der Waals surface area contributed by atoms with Crippen LogP contribution < -0.4 is 10.0 Å². The van der Waals surface area contributed by atoms with Crippen LogP contribution in [0, 0.1) is 5.92 Å². The molecule has 0 amide bonds. The van der Waals surface area contributed by atoms with E-state index in [0.717, 1.165) is 5.75 Å². The summed E-state index contributed by atoms with van der Waals surface area (Å²) >= 11 is 1.70. The number of aromatic nitrogens is 1. The third kappa shape index (κ3) is 4.15. The highest BCUT2D eigenvalue weighted by atomic mass is 32.2. The van der Waals surface area contributed by atoms with Gasteiger partial charge in [-0.15, -0.1) is 0 Å². The van der Waals surface area contributed by atoms with Crippen LogP contribution >= 0.6 is 11.8 Å². The van der Waals surface area contributed by atoms with Gasteiger partial charge < -0.3 is 5.32 Å². The molecule has 0 aromatic carbocycles. The molecule has 0 aliphatic heterocycles. The fourth-order valence-electron chi connectivity index (χ4n) is 1.47. The van der Waals surface area contributed by atoms with E-state index in [1.54, 1.807) is 37.1 Å². The summed E-state index contributed by atoms with van der Waals surface area (Å²) in [6.07, 6.45) is 3.56. The van der Waals surface area contributed by atoms with Gasteiger partial charge in [0.15, 0.2) is 0 Å². The first kappa shape index (κ1) is 15.3. The molecule has 0 spiro atoms. The van der Waals surface area contributed by atoms with E-state index >= 15 is 0 Å². The Bertz CT molecular complexity index is 477. The summed E-state index contributed by atoms with van der Waals surface area (Å²) in [5.41, 5.74) is 0. The lowest BCUT2D eigenvalue weighted by molar-refractivity contribution is 0.562. The van der Waals surface area contributed by atoms with Gasteiger partial charge in [-0.3, -0.25) is 0 Å². The summed E-state index contributed by atoms with van der Waals surface area (Å²) in [5, 5.41) is 2.78. The third-order valence-corrected chi connectivity index (χ3v) is 4.73. The first-order chi connectivity index (χ1) is 8.51. The average Bonchev–Trinajstić information content (AvgIpc) is 2.37. The van der Waals surface area contributed by atoms with Gasteiger partial charge in [0.2, 0.25) is 10.0 Å². The van der Waals surface area contributed by atoms with Crippen LogP contribution in [-0.2, 0) is 10.0 Å². The van der Waals surface area contributed by atoms with Crippen LogP contribution in [0.3, 0.4) is 0 Å². The van der Waals surface area contributed by atoms with E-state index in [1.807, 2.05) is 13.2 Å². The van der Waals surface area contributed by atoms with Gasteiger partial charge in [0.25, 0.3) is 0 Å². The number of thioether (sulfide) groups is 1. The van der Waals surface area contributed by atoms with Crippen molar-refractivity contribution in [3.63, 3.8) is 0 Å². The minimum Gasteiger partial charge on any atom is -0.372 e. The maximum Gasteiger partial charge on any atom is 0.244 e. The molecule has 1 aromatic rings. The van der Waals surface area contributed by atoms with Gasteiger partial charge in [-0.2, -0.15) is 11.8 Å². The fourth-order valence-corrected chi connectivity index (χ4v) is 3.48. The molecule has 102 valence electrons. The molecule has 18 heavy (non-hydrogen) atoms. The minimum atomic E-state index is -3.50. The van der Waals surface area contributed by atoms with E-state index in [4.69, 9.17) is 0 Å². The smallest absolute Gasteiger partial charge is 0.244 e. The lowest BCUT2D eigenvalue weighted by Gasteiger charge is -2.13. The Morgan fingerprint density at radius 2 is 2.22 bits per heavy atom. The molecule has 0 bridgehead atoms. The Kier molecular flexibility index (Phi) is 5.90. The monoisotopic (exact) mass is 289 g/mol. The van der Waals surface area contributed by atoms with Crippen LogP contribution in [-0.4, -0.2) is 39.0 Å². The molecule has 7 heteroatoms. The topological polar surface area (TPSA) is 71.1 Å². The SMILES string of the molecule is CNc1ncccc1S(=O)(=O)NCC(C)CSC. The zero-order chi connectivity index (χ0) is 13.6. The second-order valence-corrected chi connectivity index (χ2v) is 6.66. The number of hydrogen-bond acceptors (Lipinski definition) is 5. The van der Waals surface area contributed by atoms with Crippen LogP contribution in [0.1, 0.15) is 6.92 Å². The van der Waals surface area contributed by atoms with Crippen molar-refractivity contribution in [2.24, 2.45) is 5.92 Å². The first-order valence-corrected chi connectivity index (χ1v) is 8.50. The Morgan fingerprint density at radius 1 is 1.50 bits per heavy atom. The van der Waals surface area contributed by atoms with Crippen molar-refractivity contribution in [3.05, 3.63) is 18.3 Å². The van der Waals surface area contributed by atoms with E-state index in [2.05, 4.69) is 15.0 Å². The number of hydrogen-bond donors (Lipinski definition) is 2. The fraction of sp³-hybridized carbons (Fsp3) is 0.545. The summed E-state index contributed by atoms with van der Waals surface area (Å²) < 4.78 is 26.9. The predicted molar refractivity (Wildman–Crippen MR) is 76.5 cm³/mol. The van der Waals surface area contributed by atoms with Crippen LogP contribution in [0.15, 0.2) is 23.2 Å². The summed E-state index contributed by atoms with van der Waals surface area (Å²) in [6, 6.07) is 3.15. The Morgan fingerprint density at radius 3 is 2.83 bits per heavy atom. The Labute approximate surface area is 113 Å². The average molecular weight is 289 g/mol. The zero-order valence-corrected chi connectivity index (χ0v) is 12.4. The van der Waals surface area contributed by atoms with Crippen molar-refractivity contribution < 1.29 is 8.42 Å². The summed E-state index contributed by atoms with van der Waals surface area (Å²) in [5.74, 6) is 1.58. The standard InChI is InChI=1S/C11H19N3O2S2/c1-9(8-17-3)7-14-18(15,16)10-5-4-6-13-11(10)12-2/h4-6,9,14H,7-8H2,1-3H3,(H,12,13). The van der Waals surface area contributed by atoms with Crippen molar-refractivity contribution in [2.75, 3.05) is 30.9 Å². The Hall–Kier alpha value is -0.790. The molecule has 0 radical (unpaired) electrons. The lowest BCUT2D eigenvalue weighted by atomic mass is 10.2. The number of pyridine rings is 1. The molecule has 1 unspecified atom stereocenters. The number of rotatable bonds is 7. The lowest BCUT2D eigenvalue weighted by Crippen LogP contribution is -2.29. The third-order valence-electron chi connectivity index (χ3n) is 2.37. The molecule has 0 aliphatic carbocycles. The number of anilines is 1. The molecule has 0 fully saturated rings. The van der Waals surface area contributed by atoms with Gasteiger partial charge in [0.1, 0.15) is 10.7 Å². The van der Waals surface area contributed by atoms with Crippen molar-refractivity contribution in [2.45, 2.75) is 11.8 Å². The molecule has 1 heterocycles. The molecule has 5 nitrogen and oxygen atoms in total. The zero-order valence-electron chi connectivity index (χ0n) is 10.8. The van der Waals surface area contributed by atoms with Crippen LogP contribution in [0.25, 0.3) is 0 Å². The first-order valence-electron chi connectivity index (χ1n) is 5.62. The maximum atomic E-state index is 12.1. The second kappa shape index (κ2) is 6.96. The highest BCUT2D eigenvalue weighted by Crippen LogP contribution is 2.17. The molecule has 1 rings (SSSR count). The van der Waals surface area contributed by atoms with Gasteiger partial charge in [-0.05, 0) is 30.1 Å². The molecular weight excluding hydrogens is 270 g/mol. The quantitative estimate of drug-likeness (QED) is 0.794. The summed E-state index contributed by atoms with van der Waals surface area (Å²) in [6.45, 7) is 2.45. The van der Waals surface area contributed by atoms with Crippen LogP contribution in [0.2, 0.25) is 0 Å². The molecule has 1 atom stereocenters. The minimum absolute atomic E-state index is 0.184. The molecule has 0 saturated heterocycles. The number of nitrogens with zero attached hydrogens (tertiary/aromatic N) is 1. The highest BCUT2D eigenvalue weighted by Gasteiger charge is 2.19. The van der Waals surface area contributed by atoms with Crippen molar-refractivity contribution in [1.29, 1.82) is 0 Å². The molecule has 0 saturated carbocycles. The maximum absolute atomic E-state index is 12.1. The molecule has 0 aliphatic rings. The van der Waals surface area contributed by atoms with E-state index in [0.29, 0.717) is 18.3 Å². The van der Waals surface area contributed by atoms with Gasteiger partial charge in [-0.1, -0.05) is 6.92 Å². The summed E-state index contributed by atoms with van der Waals surface area (Å²) in [7, 11) is -1.85. The van der Waals surface area contributed by atoms with Gasteiger partial charge >= 0.3 is 0 Å². The van der Waals surface area contributed by atoms with Crippen LogP contribution in [0.4, 0.5) is 5.82 Å². The van der Waals surface area contributed by atoms with Gasteiger partial charge in [0.05, 0.1) is 0 Å². The van der Waals surface area contributed by atoms with E-state index < -0.39 is 10.0 Å². The molecule has 1 aromatic heterocycles. The van der Waals surface area contributed by atoms with E-state index in [9.17, 15) is 8.42 Å². The Balaban J connectivity index is 2.80. The van der Waals surface area contributed by atoms with Crippen molar-refractivity contribution in [1.82, 2.24) is 9.71 Å². The van der Waals surface area contributed by atoms with E-state index in [-0.39, 0.29) is 4.90 Å². The number of sulfonamides is 1. The molecule has 2 N–H and O–H groups in total. The second-order valence-electron chi connectivity index (χ2n) is 4.01. The van der Waals surface area contributed by atoms with E-state index in [1.165, 1.54) is 0 Å². The van der Waals surface area contributed by atoms with Gasteiger partial charge in [-0.25, -0.2) is 18.1 Å².